The molecule has 0 spiro atoms. The molecule has 1 unspecified atom stereocenters. The molecular weight excluding hydrogens is 566 g/mol. The lowest BCUT2D eigenvalue weighted by Crippen LogP contribution is -2.35. The fourth-order valence-corrected chi connectivity index (χ4v) is 6.03. The summed E-state index contributed by atoms with van der Waals surface area (Å²) in [5.74, 6) is -1.16. The summed E-state index contributed by atoms with van der Waals surface area (Å²) in [6, 6.07) is 13.6. The van der Waals surface area contributed by atoms with E-state index in [1.165, 1.54) is 60.9 Å². The van der Waals surface area contributed by atoms with Crippen LogP contribution in [0.2, 0.25) is 0 Å². The first-order chi connectivity index (χ1) is 20.0. The van der Waals surface area contributed by atoms with Crippen molar-refractivity contribution in [3.05, 3.63) is 77.4 Å². The van der Waals surface area contributed by atoms with E-state index in [1.807, 2.05) is 11.0 Å². The second-order valence-electron chi connectivity index (χ2n) is 10.4. The van der Waals surface area contributed by atoms with Gasteiger partial charge in [0.05, 0.1) is 17.5 Å². The highest BCUT2D eigenvalue weighted by atomic mass is 32.2. The Bertz CT molecular complexity index is 1930. The van der Waals surface area contributed by atoms with Crippen molar-refractivity contribution in [2.45, 2.75) is 18.8 Å². The normalized spacial score (nSPS) is 15.8. The van der Waals surface area contributed by atoms with Gasteiger partial charge in [-0.1, -0.05) is 0 Å². The number of carbonyl (C=O) groups excluding carboxylic acids is 1. The number of nitrogens with one attached hydrogen (secondary N) is 1. The summed E-state index contributed by atoms with van der Waals surface area (Å²) in [7, 11) is -0.684. The number of anilines is 2. The maximum Gasteiger partial charge on any atom is 0.298 e. The third-order valence-electron chi connectivity index (χ3n) is 7.70. The third kappa shape index (κ3) is 4.95. The molecule has 1 aliphatic rings. The molecule has 12 heteroatoms. The molecule has 1 amide bonds. The van der Waals surface area contributed by atoms with Crippen LogP contribution < -0.4 is 14.5 Å². The fourth-order valence-electron chi connectivity index (χ4n) is 5.51. The van der Waals surface area contributed by atoms with Gasteiger partial charge in [0.2, 0.25) is 10.0 Å². The van der Waals surface area contributed by atoms with Gasteiger partial charge in [-0.3, -0.25) is 9.10 Å². The summed E-state index contributed by atoms with van der Waals surface area (Å²) < 4.78 is 66.2. The molecule has 6 rings (SSSR count). The van der Waals surface area contributed by atoms with Crippen LogP contribution >= 0.6 is 0 Å². The molecule has 0 aliphatic carbocycles. The number of piperidine rings is 1. The Kier molecular flexibility index (Phi) is 6.88. The van der Waals surface area contributed by atoms with Crippen LogP contribution in [-0.4, -0.2) is 52.7 Å². The molecule has 5 aromatic rings. The lowest BCUT2D eigenvalue weighted by Gasteiger charge is -2.34. The lowest BCUT2D eigenvalue weighted by molar-refractivity contribution is 0.0964. The van der Waals surface area contributed by atoms with Gasteiger partial charge >= 0.3 is 0 Å². The van der Waals surface area contributed by atoms with E-state index in [9.17, 15) is 22.0 Å². The molecule has 0 saturated carbocycles. The lowest BCUT2D eigenvalue weighted by atomic mass is 9.88. The van der Waals surface area contributed by atoms with Crippen molar-refractivity contribution in [1.29, 1.82) is 0 Å². The number of nitrogens with zero attached hydrogens (tertiary/aromatic N) is 3. The number of benzene rings is 3. The van der Waals surface area contributed by atoms with Crippen LogP contribution in [0.3, 0.4) is 0 Å². The number of halogens is 2. The van der Waals surface area contributed by atoms with Gasteiger partial charge in [-0.15, -0.1) is 0 Å². The minimum atomic E-state index is -3.66. The standard InChI is InChI=1S/C30H28F2N4O5S/c1-33-29(37)27-22-14-21(18-5-4-12-36(16-18)30-34-23-13-20(32)10-11-25(23)41-30)24(35(2)42(3,38)39)15-26(22)40-28(27)17-6-8-19(31)9-7-17/h6-11,13-15,18H,4-5,12,16H2,1-3H3,(H,33,37). The zero-order valence-electron chi connectivity index (χ0n) is 23.1. The van der Waals surface area contributed by atoms with Crippen molar-refractivity contribution in [2.24, 2.45) is 0 Å². The highest BCUT2D eigenvalue weighted by Crippen LogP contribution is 2.42. The molecular formula is C30H28F2N4O5S. The Morgan fingerprint density at radius 3 is 2.50 bits per heavy atom. The number of amides is 1. The minimum Gasteiger partial charge on any atom is -0.455 e. The Morgan fingerprint density at radius 2 is 1.79 bits per heavy atom. The molecule has 1 N–H and O–H groups in total. The molecule has 1 saturated heterocycles. The van der Waals surface area contributed by atoms with Gasteiger partial charge in [-0.2, -0.15) is 4.98 Å². The average molecular weight is 595 g/mol. The van der Waals surface area contributed by atoms with Crippen LogP contribution in [0.15, 0.2) is 63.4 Å². The smallest absolute Gasteiger partial charge is 0.298 e. The van der Waals surface area contributed by atoms with Crippen LogP contribution in [0.4, 0.5) is 20.5 Å². The Labute approximate surface area is 240 Å². The van der Waals surface area contributed by atoms with Crippen molar-refractivity contribution >= 4 is 49.7 Å². The molecule has 9 nitrogen and oxygen atoms in total. The molecule has 1 atom stereocenters. The van der Waals surface area contributed by atoms with Gasteiger partial charge in [-0.25, -0.2) is 17.2 Å². The molecule has 42 heavy (non-hydrogen) atoms. The molecule has 0 radical (unpaired) electrons. The molecule has 3 heterocycles. The van der Waals surface area contributed by atoms with Gasteiger partial charge < -0.3 is 19.1 Å². The van der Waals surface area contributed by atoms with Crippen LogP contribution in [0.5, 0.6) is 0 Å². The number of furan rings is 1. The van der Waals surface area contributed by atoms with E-state index in [-0.39, 0.29) is 17.2 Å². The zero-order chi connectivity index (χ0) is 29.8. The van der Waals surface area contributed by atoms with E-state index in [1.54, 1.807) is 6.07 Å². The monoisotopic (exact) mass is 594 g/mol. The number of hydrogen-bond acceptors (Lipinski definition) is 7. The Hall–Kier alpha value is -4.45. The number of hydrogen-bond donors (Lipinski definition) is 1. The quantitative estimate of drug-likeness (QED) is 0.270. The number of fused-ring (bicyclic) bond motifs is 2. The maximum atomic E-state index is 13.8. The van der Waals surface area contributed by atoms with Crippen molar-refractivity contribution in [3.8, 4) is 11.3 Å². The highest BCUT2D eigenvalue weighted by Gasteiger charge is 2.31. The van der Waals surface area contributed by atoms with Gasteiger partial charge in [0.1, 0.15) is 28.5 Å². The predicted molar refractivity (Wildman–Crippen MR) is 156 cm³/mol. The number of sulfonamides is 1. The van der Waals surface area contributed by atoms with Crippen molar-refractivity contribution in [3.63, 3.8) is 0 Å². The van der Waals surface area contributed by atoms with Gasteiger partial charge in [0.15, 0.2) is 5.58 Å². The van der Waals surface area contributed by atoms with E-state index < -0.39 is 27.6 Å². The van der Waals surface area contributed by atoms with E-state index >= 15 is 0 Å². The zero-order valence-corrected chi connectivity index (χ0v) is 24.0. The summed E-state index contributed by atoms with van der Waals surface area (Å²) in [5, 5.41) is 3.16. The van der Waals surface area contributed by atoms with Crippen molar-refractivity contribution in [2.75, 3.05) is 42.6 Å². The number of rotatable bonds is 6. The van der Waals surface area contributed by atoms with Crippen LogP contribution in [-0.2, 0) is 10.0 Å². The minimum absolute atomic E-state index is 0.171. The van der Waals surface area contributed by atoms with Crippen LogP contribution in [0.25, 0.3) is 33.4 Å². The predicted octanol–water partition coefficient (Wildman–Crippen LogP) is 5.66. The molecule has 218 valence electrons. The molecule has 2 aromatic heterocycles. The van der Waals surface area contributed by atoms with E-state index in [4.69, 9.17) is 8.83 Å². The number of carbonyl (C=O) groups is 1. The Balaban J connectivity index is 1.49. The first-order valence-electron chi connectivity index (χ1n) is 13.4. The maximum absolute atomic E-state index is 13.8. The third-order valence-corrected chi connectivity index (χ3v) is 8.90. The second-order valence-corrected chi connectivity index (χ2v) is 12.4. The summed E-state index contributed by atoms with van der Waals surface area (Å²) in [6.07, 6.45) is 2.61. The highest BCUT2D eigenvalue weighted by molar-refractivity contribution is 7.92. The summed E-state index contributed by atoms with van der Waals surface area (Å²) >= 11 is 0. The second kappa shape index (κ2) is 10.4. The SMILES string of the molecule is CNC(=O)c1c(-c2ccc(F)cc2)oc2cc(N(C)S(C)(=O)=O)c(C3CCCN(c4nc5cc(F)ccc5o4)C3)cc12. The van der Waals surface area contributed by atoms with Crippen LogP contribution in [0, 0.1) is 11.6 Å². The van der Waals surface area contributed by atoms with Crippen molar-refractivity contribution in [1.82, 2.24) is 10.3 Å². The topological polar surface area (TPSA) is 109 Å². The average Bonchev–Trinajstić information content (AvgIpc) is 3.56. The summed E-state index contributed by atoms with van der Waals surface area (Å²) in [6.45, 7) is 1.10. The number of oxazole rings is 1. The van der Waals surface area contributed by atoms with E-state index in [0.29, 0.717) is 58.0 Å². The first-order valence-corrected chi connectivity index (χ1v) is 15.2. The molecule has 1 aliphatic heterocycles. The van der Waals surface area contributed by atoms with E-state index in [0.717, 1.165) is 19.1 Å². The van der Waals surface area contributed by atoms with Gasteiger partial charge in [0, 0.05) is 56.2 Å². The van der Waals surface area contributed by atoms with Gasteiger partial charge in [-0.05, 0) is 60.9 Å². The fraction of sp³-hybridized carbons (Fsp3) is 0.267. The number of aromatic nitrogens is 1. The van der Waals surface area contributed by atoms with E-state index in [2.05, 4.69) is 10.3 Å². The largest absolute Gasteiger partial charge is 0.455 e. The van der Waals surface area contributed by atoms with Crippen LogP contribution in [0.1, 0.15) is 34.7 Å². The molecule has 3 aromatic carbocycles. The summed E-state index contributed by atoms with van der Waals surface area (Å²) in [4.78, 5) is 19.6. The van der Waals surface area contributed by atoms with Crippen molar-refractivity contribution < 1.29 is 30.8 Å². The first kappa shape index (κ1) is 27.7. The summed E-state index contributed by atoms with van der Waals surface area (Å²) in [5.41, 5.74) is 3.08. The Morgan fingerprint density at radius 1 is 1.05 bits per heavy atom. The molecule has 0 bridgehead atoms. The van der Waals surface area contributed by atoms with Gasteiger partial charge in [0.25, 0.3) is 11.9 Å². The molecule has 1 fully saturated rings.